The van der Waals surface area contributed by atoms with Crippen LogP contribution in [0.5, 0.6) is 0 Å². The van der Waals surface area contributed by atoms with Crippen molar-refractivity contribution in [3.63, 3.8) is 0 Å². The fourth-order valence-electron chi connectivity index (χ4n) is 1.36. The van der Waals surface area contributed by atoms with Gasteiger partial charge in [-0.3, -0.25) is 4.98 Å². The van der Waals surface area contributed by atoms with Crippen LogP contribution in [-0.2, 0) is 4.74 Å². The second-order valence-corrected chi connectivity index (χ2v) is 6.58. The van der Waals surface area contributed by atoms with Gasteiger partial charge in [-0.25, -0.2) is 4.79 Å². The van der Waals surface area contributed by atoms with Gasteiger partial charge in [-0.1, -0.05) is 0 Å². The van der Waals surface area contributed by atoms with E-state index < -0.39 is 5.60 Å². The fourth-order valence-corrected chi connectivity index (χ4v) is 2.87. The minimum atomic E-state index is -0.470. The third-order valence-electron chi connectivity index (χ3n) is 2.00. The summed E-state index contributed by atoms with van der Waals surface area (Å²) in [6.45, 7) is 5.57. The number of rotatable bonds is 1. The van der Waals surface area contributed by atoms with Crippen molar-refractivity contribution in [1.29, 1.82) is 0 Å². The third kappa shape index (κ3) is 2.84. The maximum Gasteiger partial charge on any atom is 0.348 e. The first-order valence-corrected chi connectivity index (χ1v) is 6.74. The van der Waals surface area contributed by atoms with E-state index in [1.807, 2.05) is 26.8 Å². The molecule has 2 aromatic rings. The fraction of sp³-hybridized carbons (Fsp3) is 0.333. The lowest BCUT2D eigenvalue weighted by atomic mass is 10.2. The van der Waals surface area contributed by atoms with Crippen LogP contribution >= 0.6 is 27.3 Å². The van der Waals surface area contributed by atoms with Crippen molar-refractivity contribution >= 4 is 43.3 Å². The summed E-state index contributed by atoms with van der Waals surface area (Å²) in [5.74, 6) is -0.286. The average Bonchev–Trinajstić information content (AvgIpc) is 2.60. The molecule has 0 aliphatic carbocycles. The molecule has 0 radical (unpaired) electrons. The summed E-state index contributed by atoms with van der Waals surface area (Å²) in [5, 5.41) is 0.992. The summed E-state index contributed by atoms with van der Waals surface area (Å²) in [6, 6.07) is 1.83. The van der Waals surface area contributed by atoms with Crippen LogP contribution in [-0.4, -0.2) is 16.6 Å². The van der Waals surface area contributed by atoms with E-state index in [9.17, 15) is 4.79 Å². The van der Waals surface area contributed by atoms with E-state index in [0.717, 1.165) is 14.6 Å². The number of hydrogen-bond acceptors (Lipinski definition) is 4. The zero-order valence-electron chi connectivity index (χ0n) is 9.78. The summed E-state index contributed by atoms with van der Waals surface area (Å²) < 4.78 is 7.19. The highest BCUT2D eigenvalue weighted by molar-refractivity contribution is 9.10. The van der Waals surface area contributed by atoms with E-state index in [4.69, 9.17) is 4.74 Å². The number of thiophene rings is 1. The second kappa shape index (κ2) is 4.38. The second-order valence-electron chi connectivity index (χ2n) is 4.65. The first-order chi connectivity index (χ1) is 7.87. The molecule has 0 fully saturated rings. The Bertz CT molecular complexity index is 571. The molecular weight excluding hydrogens is 302 g/mol. The normalized spacial score (nSPS) is 11.8. The van der Waals surface area contributed by atoms with Crippen LogP contribution < -0.4 is 0 Å². The Kier molecular flexibility index (Phi) is 3.23. The predicted molar refractivity (Wildman–Crippen MR) is 72.5 cm³/mol. The number of halogens is 1. The van der Waals surface area contributed by atoms with Gasteiger partial charge in [0, 0.05) is 22.3 Å². The van der Waals surface area contributed by atoms with E-state index in [0.29, 0.717) is 4.88 Å². The number of carbonyl (C=O) groups excluding carboxylic acids is 1. The topological polar surface area (TPSA) is 39.2 Å². The van der Waals surface area contributed by atoms with Crippen LogP contribution in [0.25, 0.3) is 10.1 Å². The molecule has 2 heterocycles. The Balaban J connectivity index is 2.37. The van der Waals surface area contributed by atoms with Crippen LogP contribution in [0.15, 0.2) is 22.9 Å². The van der Waals surface area contributed by atoms with Crippen LogP contribution in [0, 0.1) is 0 Å². The Hall–Kier alpha value is -0.940. The maximum atomic E-state index is 11.9. The quantitative estimate of drug-likeness (QED) is 0.747. The predicted octanol–water partition coefficient (Wildman–Crippen LogP) is 4.01. The van der Waals surface area contributed by atoms with Crippen molar-refractivity contribution < 1.29 is 9.53 Å². The minimum Gasteiger partial charge on any atom is -0.456 e. The highest BCUT2D eigenvalue weighted by atomic mass is 79.9. The molecule has 0 saturated carbocycles. The summed E-state index contributed by atoms with van der Waals surface area (Å²) in [5.41, 5.74) is -0.470. The van der Waals surface area contributed by atoms with Gasteiger partial charge in [-0.2, -0.15) is 0 Å². The molecule has 3 nitrogen and oxygen atoms in total. The lowest BCUT2D eigenvalue weighted by molar-refractivity contribution is 0.00753. The number of aromatic nitrogens is 1. The number of nitrogens with zero attached hydrogens (tertiary/aromatic N) is 1. The summed E-state index contributed by atoms with van der Waals surface area (Å²) in [7, 11) is 0. The highest BCUT2D eigenvalue weighted by Gasteiger charge is 2.20. The minimum absolute atomic E-state index is 0.286. The van der Waals surface area contributed by atoms with Gasteiger partial charge >= 0.3 is 5.97 Å². The molecule has 0 unspecified atom stereocenters. The summed E-state index contributed by atoms with van der Waals surface area (Å²) in [6.07, 6.45) is 3.46. The lowest BCUT2D eigenvalue weighted by Crippen LogP contribution is -2.23. The number of pyridine rings is 1. The molecule has 0 bridgehead atoms. The first-order valence-electron chi connectivity index (χ1n) is 5.13. The monoisotopic (exact) mass is 313 g/mol. The number of fused-ring (bicyclic) bond motifs is 1. The zero-order chi connectivity index (χ0) is 12.6. The first kappa shape index (κ1) is 12.5. The van der Waals surface area contributed by atoms with Crippen molar-refractivity contribution in [3.8, 4) is 0 Å². The van der Waals surface area contributed by atoms with Crippen molar-refractivity contribution in [2.45, 2.75) is 26.4 Å². The van der Waals surface area contributed by atoms with Crippen LogP contribution in [0.2, 0.25) is 0 Å². The van der Waals surface area contributed by atoms with Crippen molar-refractivity contribution in [1.82, 2.24) is 4.98 Å². The molecule has 2 aromatic heterocycles. The molecule has 5 heteroatoms. The van der Waals surface area contributed by atoms with Gasteiger partial charge in [0.05, 0.1) is 4.70 Å². The zero-order valence-corrected chi connectivity index (χ0v) is 12.2. The van der Waals surface area contributed by atoms with Crippen LogP contribution in [0.1, 0.15) is 30.4 Å². The van der Waals surface area contributed by atoms with E-state index in [1.54, 1.807) is 12.4 Å². The molecule has 0 atom stereocenters. The van der Waals surface area contributed by atoms with Gasteiger partial charge in [0.1, 0.15) is 10.5 Å². The van der Waals surface area contributed by atoms with Gasteiger partial charge < -0.3 is 4.74 Å². The molecule has 0 spiro atoms. The third-order valence-corrected chi connectivity index (χ3v) is 3.68. The molecule has 17 heavy (non-hydrogen) atoms. The van der Waals surface area contributed by atoms with E-state index in [2.05, 4.69) is 20.9 Å². The Morgan fingerprint density at radius 1 is 1.41 bits per heavy atom. The molecule has 0 aromatic carbocycles. The maximum absolute atomic E-state index is 11.9. The lowest BCUT2D eigenvalue weighted by Gasteiger charge is -2.18. The highest BCUT2D eigenvalue weighted by Crippen LogP contribution is 2.31. The molecule has 0 aliphatic rings. The van der Waals surface area contributed by atoms with Crippen molar-refractivity contribution in [3.05, 3.63) is 27.8 Å². The van der Waals surface area contributed by atoms with Crippen molar-refractivity contribution in [2.75, 3.05) is 0 Å². The van der Waals surface area contributed by atoms with Gasteiger partial charge in [-0.15, -0.1) is 11.3 Å². The van der Waals surface area contributed by atoms with Crippen molar-refractivity contribution in [2.24, 2.45) is 0 Å². The van der Waals surface area contributed by atoms with Crippen LogP contribution in [0.3, 0.4) is 0 Å². The number of hydrogen-bond donors (Lipinski definition) is 0. The molecule has 0 amide bonds. The SMILES string of the molecule is CC(C)(C)OC(=O)c1cc2c(Br)cncc2s1. The standard InChI is InChI=1S/C12H12BrNO2S/c1-12(2,3)16-11(15)9-4-7-8(13)5-14-6-10(7)17-9/h4-6H,1-3H3. The van der Waals surface area contributed by atoms with Gasteiger partial charge in [0.25, 0.3) is 0 Å². The average molecular weight is 314 g/mol. The smallest absolute Gasteiger partial charge is 0.348 e. The Morgan fingerprint density at radius 2 is 2.12 bits per heavy atom. The molecule has 2 rings (SSSR count). The number of carbonyl (C=O) groups is 1. The van der Waals surface area contributed by atoms with Gasteiger partial charge in [-0.05, 0) is 42.8 Å². The van der Waals surface area contributed by atoms with Gasteiger partial charge in [0.15, 0.2) is 0 Å². The van der Waals surface area contributed by atoms with E-state index in [1.165, 1.54) is 11.3 Å². The summed E-state index contributed by atoms with van der Waals surface area (Å²) in [4.78, 5) is 16.6. The largest absolute Gasteiger partial charge is 0.456 e. The van der Waals surface area contributed by atoms with Crippen LogP contribution in [0.4, 0.5) is 0 Å². The van der Waals surface area contributed by atoms with E-state index in [-0.39, 0.29) is 5.97 Å². The number of esters is 1. The van der Waals surface area contributed by atoms with Gasteiger partial charge in [0.2, 0.25) is 0 Å². The molecule has 0 saturated heterocycles. The summed E-state index contributed by atoms with van der Waals surface area (Å²) >= 11 is 4.81. The van der Waals surface area contributed by atoms with E-state index >= 15 is 0 Å². The number of ether oxygens (including phenoxy) is 1. The Labute approximate surface area is 112 Å². The molecule has 0 N–H and O–H groups in total. The molecular formula is C12H12BrNO2S. The molecule has 0 aliphatic heterocycles. The Morgan fingerprint density at radius 3 is 2.71 bits per heavy atom. The molecule has 90 valence electrons.